The Morgan fingerprint density at radius 2 is 2.00 bits per heavy atom. The highest BCUT2D eigenvalue weighted by molar-refractivity contribution is 5.79. The lowest BCUT2D eigenvalue weighted by atomic mass is 10.1. The van der Waals surface area contributed by atoms with E-state index in [9.17, 15) is 0 Å². The summed E-state index contributed by atoms with van der Waals surface area (Å²) >= 11 is 0. The van der Waals surface area contributed by atoms with E-state index in [0.717, 1.165) is 36.9 Å². The highest BCUT2D eigenvalue weighted by Crippen LogP contribution is 2.23. The normalized spacial score (nSPS) is 18.8. The van der Waals surface area contributed by atoms with Crippen molar-refractivity contribution in [1.29, 1.82) is 0 Å². The van der Waals surface area contributed by atoms with Gasteiger partial charge < -0.3 is 20.3 Å². The van der Waals surface area contributed by atoms with E-state index in [1.807, 2.05) is 18.2 Å². The van der Waals surface area contributed by atoms with Gasteiger partial charge in [-0.1, -0.05) is 25.1 Å². The van der Waals surface area contributed by atoms with Gasteiger partial charge in [-0.15, -0.1) is 0 Å². The number of ether oxygens (including phenoxy) is 1. The second-order valence-corrected chi connectivity index (χ2v) is 7.95. The van der Waals surface area contributed by atoms with Gasteiger partial charge in [-0.2, -0.15) is 0 Å². The quantitative estimate of drug-likeness (QED) is 0.579. The molecular formula is C21H36N4O. The van der Waals surface area contributed by atoms with Crippen LogP contribution in [0.15, 0.2) is 29.3 Å². The number of rotatable bonds is 7. The topological polar surface area (TPSA) is 48.9 Å². The predicted octanol–water partition coefficient (Wildman–Crippen LogP) is 3.26. The molecule has 1 fully saturated rings. The minimum Gasteiger partial charge on any atom is -0.488 e. The Hall–Kier alpha value is -1.75. The molecule has 26 heavy (non-hydrogen) atoms. The number of likely N-dealkylation sites (tertiary alicyclic amines) is 1. The Bertz CT molecular complexity index is 580. The molecule has 0 amide bonds. The van der Waals surface area contributed by atoms with E-state index in [-0.39, 0.29) is 5.60 Å². The zero-order chi connectivity index (χ0) is 19.0. The van der Waals surface area contributed by atoms with Gasteiger partial charge in [0.25, 0.3) is 0 Å². The third kappa shape index (κ3) is 6.87. The van der Waals surface area contributed by atoms with E-state index in [0.29, 0.717) is 12.5 Å². The van der Waals surface area contributed by atoms with Crippen molar-refractivity contribution in [3.8, 4) is 5.75 Å². The highest BCUT2D eigenvalue weighted by Gasteiger charge is 2.21. The molecule has 5 heteroatoms. The van der Waals surface area contributed by atoms with Gasteiger partial charge in [0.15, 0.2) is 5.96 Å². The lowest BCUT2D eigenvalue weighted by molar-refractivity contribution is 0.129. The van der Waals surface area contributed by atoms with Crippen molar-refractivity contribution in [2.24, 2.45) is 10.9 Å². The average Bonchev–Trinajstić information content (AvgIpc) is 3.05. The summed E-state index contributed by atoms with van der Waals surface area (Å²) in [5.74, 6) is 2.50. The van der Waals surface area contributed by atoms with Gasteiger partial charge >= 0.3 is 0 Å². The zero-order valence-corrected chi connectivity index (χ0v) is 17.1. The molecule has 1 unspecified atom stereocenters. The van der Waals surface area contributed by atoms with Crippen LogP contribution >= 0.6 is 0 Å². The van der Waals surface area contributed by atoms with E-state index in [1.54, 1.807) is 0 Å². The van der Waals surface area contributed by atoms with E-state index in [1.165, 1.54) is 19.5 Å². The number of aliphatic imine (C=N–C) groups is 1. The van der Waals surface area contributed by atoms with Crippen LogP contribution < -0.4 is 15.4 Å². The first-order chi connectivity index (χ1) is 12.4. The monoisotopic (exact) mass is 360 g/mol. The van der Waals surface area contributed by atoms with Crippen LogP contribution in [0, 0.1) is 5.92 Å². The van der Waals surface area contributed by atoms with Crippen LogP contribution in [0.5, 0.6) is 5.75 Å². The number of nitrogens with zero attached hydrogens (tertiary/aromatic N) is 2. The summed E-state index contributed by atoms with van der Waals surface area (Å²) in [5.41, 5.74) is 0.897. The summed E-state index contributed by atoms with van der Waals surface area (Å²) in [4.78, 5) is 7.29. The Labute approximate surface area is 159 Å². The maximum absolute atomic E-state index is 6.07. The second-order valence-electron chi connectivity index (χ2n) is 7.95. The van der Waals surface area contributed by atoms with Crippen LogP contribution in [0.25, 0.3) is 0 Å². The van der Waals surface area contributed by atoms with Gasteiger partial charge in [0, 0.05) is 25.2 Å². The fourth-order valence-electron chi connectivity index (χ4n) is 3.18. The lowest BCUT2D eigenvalue weighted by Gasteiger charge is -2.23. The summed E-state index contributed by atoms with van der Waals surface area (Å²) in [6.07, 6.45) is 1.27. The number of benzene rings is 1. The standard InChI is InChI=1S/C21H36N4O/c1-6-22-20(23-14-17-12-13-25(7-2)16-17)24-15-18-10-8-9-11-19(18)26-21(3,4)5/h8-11,17H,6-7,12-16H2,1-5H3,(H2,22,23,24). The van der Waals surface area contributed by atoms with Crippen molar-refractivity contribution >= 4 is 5.96 Å². The molecule has 146 valence electrons. The molecule has 1 aromatic rings. The highest BCUT2D eigenvalue weighted by atomic mass is 16.5. The smallest absolute Gasteiger partial charge is 0.191 e. The van der Waals surface area contributed by atoms with Crippen LogP contribution in [-0.2, 0) is 6.54 Å². The SMILES string of the molecule is CCNC(=NCc1ccccc1OC(C)(C)C)NCC1CCN(CC)C1. The maximum atomic E-state index is 6.07. The van der Waals surface area contributed by atoms with Gasteiger partial charge in [0.2, 0.25) is 0 Å². The first kappa shape index (κ1) is 20.6. The Kier molecular flexibility index (Phi) is 7.76. The largest absolute Gasteiger partial charge is 0.488 e. The van der Waals surface area contributed by atoms with Crippen LogP contribution in [-0.4, -0.2) is 49.2 Å². The molecule has 1 aliphatic rings. The van der Waals surface area contributed by atoms with Crippen molar-refractivity contribution in [3.05, 3.63) is 29.8 Å². The minimum atomic E-state index is -0.212. The fourth-order valence-corrected chi connectivity index (χ4v) is 3.18. The fraction of sp³-hybridized carbons (Fsp3) is 0.667. The van der Waals surface area contributed by atoms with Crippen LogP contribution in [0.2, 0.25) is 0 Å². The molecule has 2 N–H and O–H groups in total. The van der Waals surface area contributed by atoms with Gasteiger partial charge in [0.05, 0.1) is 6.54 Å². The molecule has 0 aliphatic carbocycles. The lowest BCUT2D eigenvalue weighted by Crippen LogP contribution is -2.40. The molecule has 1 atom stereocenters. The first-order valence-electron chi connectivity index (χ1n) is 9.92. The molecule has 0 bridgehead atoms. The van der Waals surface area contributed by atoms with Crippen molar-refractivity contribution < 1.29 is 4.74 Å². The first-order valence-corrected chi connectivity index (χ1v) is 9.92. The third-order valence-electron chi connectivity index (χ3n) is 4.52. The van der Waals surface area contributed by atoms with E-state index in [4.69, 9.17) is 9.73 Å². The number of para-hydroxylation sites is 1. The molecule has 5 nitrogen and oxygen atoms in total. The Morgan fingerprint density at radius 3 is 2.65 bits per heavy atom. The minimum absolute atomic E-state index is 0.212. The molecule has 0 spiro atoms. The molecule has 0 saturated carbocycles. The van der Waals surface area contributed by atoms with Crippen LogP contribution in [0.4, 0.5) is 0 Å². The van der Waals surface area contributed by atoms with Crippen molar-refractivity contribution in [3.63, 3.8) is 0 Å². The second kappa shape index (κ2) is 9.81. The molecule has 0 radical (unpaired) electrons. The van der Waals surface area contributed by atoms with E-state index in [2.05, 4.69) is 56.2 Å². The molecule has 2 rings (SSSR count). The Morgan fingerprint density at radius 1 is 1.23 bits per heavy atom. The number of hydrogen-bond donors (Lipinski definition) is 2. The van der Waals surface area contributed by atoms with Crippen molar-refractivity contribution in [2.75, 3.05) is 32.7 Å². The van der Waals surface area contributed by atoms with Crippen LogP contribution in [0.1, 0.15) is 46.6 Å². The van der Waals surface area contributed by atoms with Gasteiger partial charge in [-0.25, -0.2) is 4.99 Å². The molecule has 0 aromatic heterocycles. The van der Waals surface area contributed by atoms with Crippen molar-refractivity contribution in [1.82, 2.24) is 15.5 Å². The molecule has 1 heterocycles. The maximum Gasteiger partial charge on any atom is 0.191 e. The predicted molar refractivity (Wildman–Crippen MR) is 110 cm³/mol. The van der Waals surface area contributed by atoms with E-state index >= 15 is 0 Å². The molecule has 1 aromatic carbocycles. The van der Waals surface area contributed by atoms with Crippen LogP contribution in [0.3, 0.4) is 0 Å². The summed E-state index contributed by atoms with van der Waals surface area (Å²) in [6.45, 7) is 16.5. The Balaban J connectivity index is 1.96. The summed E-state index contributed by atoms with van der Waals surface area (Å²) in [5, 5.41) is 6.87. The number of nitrogens with one attached hydrogen (secondary N) is 2. The zero-order valence-electron chi connectivity index (χ0n) is 17.1. The summed E-state index contributed by atoms with van der Waals surface area (Å²) in [7, 11) is 0. The molecule has 1 saturated heterocycles. The number of hydrogen-bond acceptors (Lipinski definition) is 3. The van der Waals surface area contributed by atoms with E-state index < -0.39 is 0 Å². The molecular weight excluding hydrogens is 324 g/mol. The summed E-state index contributed by atoms with van der Waals surface area (Å²) < 4.78 is 6.07. The number of guanidine groups is 1. The van der Waals surface area contributed by atoms with Gasteiger partial charge in [-0.05, 0) is 59.2 Å². The average molecular weight is 361 g/mol. The van der Waals surface area contributed by atoms with Gasteiger partial charge in [0.1, 0.15) is 11.4 Å². The van der Waals surface area contributed by atoms with Gasteiger partial charge in [-0.3, -0.25) is 0 Å². The summed E-state index contributed by atoms with van der Waals surface area (Å²) in [6, 6.07) is 8.16. The third-order valence-corrected chi connectivity index (χ3v) is 4.52. The molecule has 1 aliphatic heterocycles. The van der Waals surface area contributed by atoms with Crippen molar-refractivity contribution in [2.45, 2.75) is 53.2 Å².